The summed E-state index contributed by atoms with van der Waals surface area (Å²) in [6.07, 6.45) is 2.71. The molecule has 1 rings (SSSR count). The molecule has 0 aliphatic heterocycles. The fraction of sp³-hybridized carbons (Fsp3) is 0.286. The number of nitrogens with zero attached hydrogens (tertiary/aromatic N) is 2. The van der Waals surface area contributed by atoms with Crippen LogP contribution in [-0.2, 0) is 4.79 Å². The first-order valence-electron chi connectivity index (χ1n) is 3.59. The molecule has 0 aliphatic carbocycles. The Hall–Kier alpha value is -1.85. The van der Waals surface area contributed by atoms with Crippen molar-refractivity contribution in [1.82, 2.24) is 9.55 Å². The molecule has 70 valence electrons. The van der Waals surface area contributed by atoms with Crippen LogP contribution in [0.15, 0.2) is 12.4 Å². The Morgan fingerprint density at radius 1 is 1.69 bits per heavy atom. The van der Waals surface area contributed by atoms with Gasteiger partial charge in [0.15, 0.2) is 0 Å². The molecule has 1 aromatic heterocycles. The molecule has 1 amide bonds. The van der Waals surface area contributed by atoms with Crippen LogP contribution in [0.3, 0.4) is 0 Å². The van der Waals surface area contributed by atoms with Crippen LogP contribution in [0.4, 0.5) is 0 Å². The molecule has 0 spiro atoms. The number of carbonyl (C=O) groups is 2. The van der Waals surface area contributed by atoms with Crippen molar-refractivity contribution in [1.29, 1.82) is 0 Å². The number of imidazole rings is 1. The first kappa shape index (κ1) is 9.24. The second-order valence-electron chi connectivity index (χ2n) is 2.54. The lowest BCUT2D eigenvalue weighted by atomic mass is 10.3. The van der Waals surface area contributed by atoms with E-state index >= 15 is 0 Å². The minimum atomic E-state index is -1.18. The number of carbonyl (C=O) groups excluding carboxylic acids is 1. The van der Waals surface area contributed by atoms with E-state index in [2.05, 4.69) is 4.98 Å². The maximum absolute atomic E-state index is 10.8. The number of aromatic nitrogens is 2. The summed E-state index contributed by atoms with van der Waals surface area (Å²) in [6.45, 7) is 1.51. The summed E-state index contributed by atoms with van der Waals surface area (Å²) in [5.74, 6) is -1.97. The Morgan fingerprint density at radius 2 is 2.31 bits per heavy atom. The Labute approximate surface area is 74.0 Å². The first-order valence-corrected chi connectivity index (χ1v) is 3.59. The van der Waals surface area contributed by atoms with Gasteiger partial charge in [-0.2, -0.15) is 0 Å². The van der Waals surface area contributed by atoms with Crippen molar-refractivity contribution < 1.29 is 14.7 Å². The summed E-state index contributed by atoms with van der Waals surface area (Å²) in [7, 11) is 0. The topological polar surface area (TPSA) is 98.2 Å². The summed E-state index contributed by atoms with van der Waals surface area (Å²) in [5.41, 5.74) is 5.02. The quantitative estimate of drug-likeness (QED) is 0.667. The number of nitrogens with two attached hydrogens (primary N) is 1. The molecule has 13 heavy (non-hydrogen) atoms. The zero-order chi connectivity index (χ0) is 10.0. The van der Waals surface area contributed by atoms with Crippen LogP contribution in [0.25, 0.3) is 0 Å². The third-order valence-electron chi connectivity index (χ3n) is 1.69. The third kappa shape index (κ3) is 1.66. The molecule has 0 saturated carbocycles. The predicted molar refractivity (Wildman–Crippen MR) is 43.1 cm³/mol. The van der Waals surface area contributed by atoms with Crippen LogP contribution in [-0.4, -0.2) is 26.5 Å². The van der Waals surface area contributed by atoms with Gasteiger partial charge in [0.1, 0.15) is 6.04 Å². The van der Waals surface area contributed by atoms with E-state index in [0.29, 0.717) is 0 Å². The lowest BCUT2D eigenvalue weighted by Crippen LogP contribution is -2.26. The van der Waals surface area contributed by atoms with E-state index in [9.17, 15) is 9.59 Å². The molecule has 6 nitrogen and oxygen atoms in total. The highest BCUT2D eigenvalue weighted by atomic mass is 16.4. The van der Waals surface area contributed by atoms with Gasteiger partial charge in [-0.3, -0.25) is 4.79 Å². The van der Waals surface area contributed by atoms with Crippen LogP contribution in [0.5, 0.6) is 0 Å². The summed E-state index contributed by atoms with van der Waals surface area (Å²) in [6, 6.07) is -0.700. The minimum Gasteiger partial charge on any atom is -0.475 e. The second kappa shape index (κ2) is 3.26. The Balaban J connectivity index is 3.07. The zero-order valence-corrected chi connectivity index (χ0v) is 6.97. The third-order valence-corrected chi connectivity index (χ3v) is 1.69. The number of primary amides is 1. The van der Waals surface area contributed by atoms with Gasteiger partial charge in [0.25, 0.3) is 0 Å². The van der Waals surface area contributed by atoms with Crippen molar-refractivity contribution in [3.8, 4) is 0 Å². The number of carboxylic acid groups (broad SMARTS) is 1. The van der Waals surface area contributed by atoms with Crippen molar-refractivity contribution in [2.24, 2.45) is 5.73 Å². The van der Waals surface area contributed by atoms with Crippen molar-refractivity contribution >= 4 is 11.9 Å². The lowest BCUT2D eigenvalue weighted by Gasteiger charge is -2.09. The normalized spacial score (nSPS) is 12.4. The standard InChI is InChI=1S/C7H9N3O3/c1-4(5(8)11)10-3-2-9-6(10)7(12)13/h2-4H,1H3,(H2,8,11)(H,12,13). The highest BCUT2D eigenvalue weighted by Crippen LogP contribution is 2.07. The molecule has 3 N–H and O–H groups in total. The summed E-state index contributed by atoms with van der Waals surface area (Å²) >= 11 is 0. The fourth-order valence-corrected chi connectivity index (χ4v) is 0.928. The van der Waals surface area contributed by atoms with Gasteiger partial charge in [-0.25, -0.2) is 9.78 Å². The molecule has 0 fully saturated rings. The largest absolute Gasteiger partial charge is 0.475 e. The van der Waals surface area contributed by atoms with Crippen molar-refractivity contribution in [3.05, 3.63) is 18.2 Å². The molecule has 0 radical (unpaired) electrons. The number of amides is 1. The molecular formula is C7H9N3O3. The SMILES string of the molecule is CC(C(N)=O)n1ccnc1C(=O)O. The molecule has 1 unspecified atom stereocenters. The Morgan fingerprint density at radius 3 is 2.77 bits per heavy atom. The van der Waals surface area contributed by atoms with Gasteiger partial charge in [0.2, 0.25) is 11.7 Å². The maximum atomic E-state index is 10.8. The van der Waals surface area contributed by atoms with Crippen molar-refractivity contribution in [2.75, 3.05) is 0 Å². The summed E-state index contributed by atoms with van der Waals surface area (Å²) in [5, 5.41) is 8.65. The van der Waals surface area contributed by atoms with Crippen molar-refractivity contribution in [2.45, 2.75) is 13.0 Å². The van der Waals surface area contributed by atoms with E-state index in [1.165, 1.54) is 23.9 Å². The highest BCUT2D eigenvalue weighted by Gasteiger charge is 2.18. The predicted octanol–water partition coefficient (Wildman–Crippen LogP) is -0.372. The number of carboxylic acids is 1. The molecule has 0 aliphatic rings. The van der Waals surface area contributed by atoms with Gasteiger partial charge in [0, 0.05) is 12.4 Å². The van der Waals surface area contributed by atoms with E-state index in [1.54, 1.807) is 0 Å². The first-order chi connectivity index (χ1) is 6.04. The van der Waals surface area contributed by atoms with Gasteiger partial charge in [0.05, 0.1) is 0 Å². The van der Waals surface area contributed by atoms with Gasteiger partial charge < -0.3 is 15.4 Å². The van der Waals surface area contributed by atoms with Crippen LogP contribution >= 0.6 is 0 Å². The van der Waals surface area contributed by atoms with Gasteiger partial charge in [-0.15, -0.1) is 0 Å². The monoisotopic (exact) mass is 183 g/mol. The smallest absolute Gasteiger partial charge is 0.372 e. The molecule has 6 heteroatoms. The number of hydrogen-bond donors (Lipinski definition) is 2. The maximum Gasteiger partial charge on any atom is 0.372 e. The molecule has 0 bridgehead atoms. The van der Waals surface area contributed by atoms with E-state index in [-0.39, 0.29) is 5.82 Å². The van der Waals surface area contributed by atoms with Gasteiger partial charge >= 0.3 is 5.97 Å². The average molecular weight is 183 g/mol. The van der Waals surface area contributed by atoms with Crippen molar-refractivity contribution in [3.63, 3.8) is 0 Å². The number of hydrogen-bond acceptors (Lipinski definition) is 3. The van der Waals surface area contributed by atoms with Crippen LogP contribution in [0.1, 0.15) is 23.6 Å². The van der Waals surface area contributed by atoms with Crippen LogP contribution in [0, 0.1) is 0 Å². The molecule has 1 heterocycles. The Kier molecular flexibility index (Phi) is 2.32. The highest BCUT2D eigenvalue weighted by molar-refractivity contribution is 5.85. The minimum absolute atomic E-state index is 0.189. The van der Waals surface area contributed by atoms with E-state index in [4.69, 9.17) is 10.8 Å². The number of rotatable bonds is 3. The molecule has 1 atom stereocenters. The van der Waals surface area contributed by atoms with Gasteiger partial charge in [-0.05, 0) is 6.92 Å². The second-order valence-corrected chi connectivity index (χ2v) is 2.54. The zero-order valence-electron chi connectivity index (χ0n) is 6.97. The summed E-state index contributed by atoms with van der Waals surface area (Å²) in [4.78, 5) is 24.9. The van der Waals surface area contributed by atoms with E-state index in [1.807, 2.05) is 0 Å². The average Bonchev–Trinajstić information content (AvgIpc) is 2.50. The molecule has 1 aromatic rings. The van der Waals surface area contributed by atoms with Crippen LogP contribution < -0.4 is 5.73 Å². The molecule has 0 saturated heterocycles. The van der Waals surface area contributed by atoms with Crippen LogP contribution in [0.2, 0.25) is 0 Å². The Bertz CT molecular complexity index is 345. The molecular weight excluding hydrogens is 174 g/mol. The van der Waals surface area contributed by atoms with Gasteiger partial charge in [-0.1, -0.05) is 0 Å². The fourth-order valence-electron chi connectivity index (χ4n) is 0.928. The lowest BCUT2D eigenvalue weighted by molar-refractivity contribution is -0.120. The number of aromatic carboxylic acids is 1. The summed E-state index contributed by atoms with van der Waals surface area (Å²) < 4.78 is 1.21. The molecule has 0 aromatic carbocycles. The van der Waals surface area contributed by atoms with E-state index < -0.39 is 17.9 Å². The van der Waals surface area contributed by atoms with E-state index in [0.717, 1.165) is 0 Å².